The van der Waals surface area contributed by atoms with Gasteiger partial charge in [0.15, 0.2) is 0 Å². The number of amides is 1. The molecule has 1 saturated heterocycles. The van der Waals surface area contributed by atoms with Crippen LogP contribution < -0.4 is 9.64 Å². The molecule has 34 heavy (non-hydrogen) atoms. The first-order valence-corrected chi connectivity index (χ1v) is 11.7. The van der Waals surface area contributed by atoms with E-state index in [0.717, 1.165) is 35.4 Å². The van der Waals surface area contributed by atoms with Gasteiger partial charge < -0.3 is 24.4 Å². The molecule has 0 aliphatic carbocycles. The molecule has 0 bridgehead atoms. The molecule has 2 aromatic rings. The van der Waals surface area contributed by atoms with E-state index in [-0.39, 0.29) is 24.0 Å². The van der Waals surface area contributed by atoms with Gasteiger partial charge in [-0.2, -0.15) is 0 Å². The van der Waals surface area contributed by atoms with Gasteiger partial charge in [0.2, 0.25) is 0 Å². The minimum atomic E-state index is -0.695. The molecule has 0 aromatic heterocycles. The molecule has 0 radical (unpaired) electrons. The number of aliphatic hydroxyl groups excluding tert-OH is 1. The van der Waals surface area contributed by atoms with Crippen LogP contribution in [0.15, 0.2) is 48.0 Å². The van der Waals surface area contributed by atoms with E-state index < -0.39 is 17.7 Å². The molecule has 0 saturated carbocycles. The van der Waals surface area contributed by atoms with Gasteiger partial charge in [-0.05, 0) is 68.1 Å². The van der Waals surface area contributed by atoms with Gasteiger partial charge in [0.05, 0.1) is 30.9 Å². The first-order chi connectivity index (χ1) is 16.3. The lowest BCUT2D eigenvalue weighted by molar-refractivity contribution is -0.140. The zero-order chi connectivity index (χ0) is 24.4. The molecular formula is C27H32N2O5. The number of anilines is 1. The first-order valence-electron chi connectivity index (χ1n) is 11.7. The fourth-order valence-corrected chi connectivity index (χ4v) is 4.46. The van der Waals surface area contributed by atoms with Crippen LogP contribution in [0.2, 0.25) is 0 Å². The molecule has 1 atom stereocenters. The maximum atomic E-state index is 13.2. The lowest BCUT2D eigenvalue weighted by Gasteiger charge is -2.26. The third kappa shape index (κ3) is 4.66. The van der Waals surface area contributed by atoms with Crippen molar-refractivity contribution in [2.45, 2.75) is 38.8 Å². The summed E-state index contributed by atoms with van der Waals surface area (Å²) in [6, 6.07) is 12.4. The zero-order valence-corrected chi connectivity index (χ0v) is 20.2. The summed E-state index contributed by atoms with van der Waals surface area (Å²) in [5.41, 5.74) is 3.36. The van der Waals surface area contributed by atoms with Crippen molar-refractivity contribution in [1.82, 2.24) is 4.90 Å². The maximum absolute atomic E-state index is 13.2. The number of nitrogens with zero attached hydrogens (tertiary/aromatic N) is 2. The quantitative estimate of drug-likeness (QED) is 0.380. The summed E-state index contributed by atoms with van der Waals surface area (Å²) >= 11 is 0. The van der Waals surface area contributed by atoms with E-state index in [4.69, 9.17) is 9.47 Å². The van der Waals surface area contributed by atoms with E-state index in [0.29, 0.717) is 18.8 Å². The van der Waals surface area contributed by atoms with Gasteiger partial charge in [-0.15, -0.1) is 0 Å². The van der Waals surface area contributed by atoms with Crippen molar-refractivity contribution in [1.29, 1.82) is 0 Å². The molecule has 2 aliphatic rings. The Labute approximate surface area is 200 Å². The number of aliphatic hydroxyl groups is 1. The molecule has 7 heteroatoms. The maximum Gasteiger partial charge on any atom is 0.295 e. The normalized spacial score (nSPS) is 19.3. The Hall–Kier alpha value is -3.32. The molecule has 7 nitrogen and oxygen atoms in total. The average molecular weight is 465 g/mol. The van der Waals surface area contributed by atoms with Crippen molar-refractivity contribution in [2.24, 2.45) is 0 Å². The van der Waals surface area contributed by atoms with Crippen LogP contribution in [0.3, 0.4) is 0 Å². The summed E-state index contributed by atoms with van der Waals surface area (Å²) in [5, 5.41) is 11.3. The molecular weight excluding hydrogens is 432 g/mol. The van der Waals surface area contributed by atoms with Gasteiger partial charge in [0.25, 0.3) is 11.7 Å². The highest BCUT2D eigenvalue weighted by molar-refractivity contribution is 6.46. The molecule has 2 aliphatic heterocycles. The van der Waals surface area contributed by atoms with Crippen molar-refractivity contribution in [2.75, 3.05) is 38.8 Å². The van der Waals surface area contributed by atoms with Crippen molar-refractivity contribution >= 4 is 23.1 Å². The zero-order valence-electron chi connectivity index (χ0n) is 20.2. The highest BCUT2D eigenvalue weighted by Gasteiger charge is 2.46. The number of hydrogen-bond acceptors (Lipinski definition) is 6. The lowest BCUT2D eigenvalue weighted by atomic mass is 9.94. The molecule has 1 amide bonds. The Balaban J connectivity index is 1.78. The Morgan fingerprint density at radius 1 is 1.18 bits per heavy atom. The van der Waals surface area contributed by atoms with Gasteiger partial charge in [0, 0.05) is 31.9 Å². The van der Waals surface area contributed by atoms with Gasteiger partial charge in [0.1, 0.15) is 11.5 Å². The molecule has 4 rings (SSSR count). The number of hydrogen-bond donors (Lipinski definition) is 1. The fraction of sp³-hybridized carbons (Fsp3) is 0.407. The second-order valence-corrected chi connectivity index (χ2v) is 9.17. The van der Waals surface area contributed by atoms with E-state index in [9.17, 15) is 14.7 Å². The van der Waals surface area contributed by atoms with Crippen LogP contribution in [-0.4, -0.2) is 61.7 Å². The van der Waals surface area contributed by atoms with Crippen LogP contribution in [-0.2, 0) is 20.7 Å². The van der Waals surface area contributed by atoms with Crippen molar-refractivity contribution in [3.8, 4) is 5.75 Å². The predicted octanol–water partition coefficient (Wildman–Crippen LogP) is 3.92. The van der Waals surface area contributed by atoms with Crippen LogP contribution in [0, 0.1) is 0 Å². The van der Waals surface area contributed by atoms with Gasteiger partial charge in [-0.1, -0.05) is 12.1 Å². The van der Waals surface area contributed by atoms with Crippen LogP contribution in [0.1, 0.15) is 43.0 Å². The Morgan fingerprint density at radius 2 is 1.91 bits per heavy atom. The third-order valence-electron chi connectivity index (χ3n) is 6.23. The van der Waals surface area contributed by atoms with Crippen molar-refractivity contribution in [3.63, 3.8) is 0 Å². The number of rotatable bonds is 7. The van der Waals surface area contributed by atoms with Crippen LogP contribution >= 0.6 is 0 Å². The number of fused-ring (bicyclic) bond motifs is 1. The van der Waals surface area contributed by atoms with E-state index >= 15 is 0 Å². The lowest BCUT2D eigenvalue weighted by Crippen LogP contribution is -2.33. The van der Waals surface area contributed by atoms with Crippen molar-refractivity contribution in [3.05, 3.63) is 64.7 Å². The molecule has 2 heterocycles. The smallest absolute Gasteiger partial charge is 0.295 e. The second-order valence-electron chi connectivity index (χ2n) is 9.17. The summed E-state index contributed by atoms with van der Waals surface area (Å²) in [6.45, 7) is 5.06. The number of likely N-dealkylation sites (tertiary alicyclic amines) is 1. The predicted molar refractivity (Wildman–Crippen MR) is 131 cm³/mol. The molecule has 1 fully saturated rings. The topological polar surface area (TPSA) is 79.3 Å². The van der Waals surface area contributed by atoms with E-state index in [1.54, 1.807) is 6.07 Å². The SMILES string of the molecule is CC(C)OCCN1C(=O)C(=O)/C(=C(\O)c2ccc3c(c2)CCCO3)C1c1ccc(N(C)C)cc1. The average Bonchev–Trinajstić information content (AvgIpc) is 3.08. The Morgan fingerprint density at radius 3 is 2.59 bits per heavy atom. The van der Waals surface area contributed by atoms with Gasteiger partial charge in [-0.3, -0.25) is 9.59 Å². The molecule has 2 aromatic carbocycles. The highest BCUT2D eigenvalue weighted by atomic mass is 16.5. The number of ether oxygens (including phenoxy) is 2. The Bertz CT molecular complexity index is 1100. The van der Waals surface area contributed by atoms with Gasteiger partial charge in [-0.25, -0.2) is 0 Å². The summed E-state index contributed by atoms with van der Waals surface area (Å²) in [4.78, 5) is 29.7. The number of ketones is 1. The highest BCUT2D eigenvalue weighted by Crippen LogP contribution is 2.40. The summed E-state index contributed by atoms with van der Waals surface area (Å²) in [6.07, 6.45) is 1.75. The second kappa shape index (κ2) is 9.89. The third-order valence-corrected chi connectivity index (χ3v) is 6.23. The number of carbonyl (C=O) groups excluding carboxylic acids is 2. The van der Waals surface area contributed by atoms with E-state index in [1.807, 2.05) is 69.2 Å². The standard InChI is InChI=1S/C27H32N2O5/c1-17(2)33-15-13-29-24(18-7-10-21(11-8-18)28(3)4)23(26(31)27(29)32)25(30)20-9-12-22-19(16-20)6-5-14-34-22/h7-12,16-17,24,30H,5-6,13-15H2,1-4H3/b25-23-. The minimum Gasteiger partial charge on any atom is -0.507 e. The first kappa shape index (κ1) is 23.8. The molecule has 180 valence electrons. The largest absolute Gasteiger partial charge is 0.507 e. The summed E-state index contributed by atoms with van der Waals surface area (Å²) in [7, 11) is 3.90. The fourth-order valence-electron chi connectivity index (χ4n) is 4.46. The van der Waals surface area contributed by atoms with Crippen molar-refractivity contribution < 1.29 is 24.2 Å². The number of benzene rings is 2. The minimum absolute atomic E-state index is 0.00682. The van der Waals surface area contributed by atoms with Crippen LogP contribution in [0.4, 0.5) is 5.69 Å². The molecule has 1 unspecified atom stereocenters. The van der Waals surface area contributed by atoms with Gasteiger partial charge >= 0.3 is 0 Å². The van der Waals surface area contributed by atoms with Crippen LogP contribution in [0.5, 0.6) is 5.75 Å². The summed E-state index contributed by atoms with van der Waals surface area (Å²) in [5.74, 6) is -0.680. The summed E-state index contributed by atoms with van der Waals surface area (Å²) < 4.78 is 11.3. The van der Waals surface area contributed by atoms with Crippen LogP contribution in [0.25, 0.3) is 5.76 Å². The number of Topliss-reactive ketones (excluding diaryl/α,β-unsaturated/α-hetero) is 1. The number of carbonyl (C=O) groups is 2. The van der Waals surface area contributed by atoms with E-state index in [1.165, 1.54) is 4.90 Å². The molecule has 1 N–H and O–H groups in total. The van der Waals surface area contributed by atoms with E-state index in [2.05, 4.69) is 0 Å². The Kier molecular flexibility index (Phi) is 6.93. The monoisotopic (exact) mass is 464 g/mol. The molecule has 0 spiro atoms. The number of aryl methyl sites for hydroxylation is 1.